The molecule has 7 nitrogen and oxygen atoms in total. The third kappa shape index (κ3) is 3.01. The van der Waals surface area contributed by atoms with Gasteiger partial charge in [-0.15, -0.1) is 0 Å². The second-order valence-electron chi connectivity index (χ2n) is 15.0. The molecule has 0 spiro atoms. The Balaban J connectivity index is 1.29. The van der Waals surface area contributed by atoms with Crippen LogP contribution in [0.25, 0.3) is 105 Å². The maximum absolute atomic E-state index is 6.71. The van der Waals surface area contributed by atoms with Gasteiger partial charge in [-0.25, -0.2) is 9.36 Å². The monoisotopic (exact) mass is 691 g/mol. The Bertz CT molecular complexity index is 3710. The highest BCUT2D eigenvalue weighted by atomic mass is 16.3. The molecule has 0 unspecified atom stereocenters. The zero-order valence-corrected chi connectivity index (χ0v) is 29.2. The SMILES string of the molecule is Cc1nn2c3c(c4c(cc13)oc1ccccc14)B1c3c(cc4c(c3-2)c2ccccc2n4-c2ccccc2)-n2nc(C)c3c4c(cc1c32)oc1ccccc14. The van der Waals surface area contributed by atoms with E-state index < -0.39 is 0 Å². The lowest BCUT2D eigenvalue weighted by molar-refractivity contribution is 0.669. The maximum atomic E-state index is 6.71. The molecule has 5 aromatic heterocycles. The number of hydrogen-bond acceptors (Lipinski definition) is 4. The van der Waals surface area contributed by atoms with Gasteiger partial charge >= 0.3 is 0 Å². The first kappa shape index (κ1) is 27.6. The minimum absolute atomic E-state index is 0.155. The second kappa shape index (κ2) is 9.11. The molecule has 8 heteroatoms. The van der Waals surface area contributed by atoms with E-state index in [1.165, 1.54) is 27.2 Å². The van der Waals surface area contributed by atoms with E-state index in [0.29, 0.717) is 0 Å². The summed E-state index contributed by atoms with van der Waals surface area (Å²) in [5.41, 5.74) is 16.9. The van der Waals surface area contributed by atoms with E-state index >= 15 is 0 Å². The first-order chi connectivity index (χ1) is 26.6. The van der Waals surface area contributed by atoms with Crippen LogP contribution in [-0.4, -0.2) is 30.8 Å². The molecule has 0 radical (unpaired) electrons. The summed E-state index contributed by atoms with van der Waals surface area (Å²) in [6, 6.07) is 43.2. The van der Waals surface area contributed by atoms with Crippen molar-refractivity contribution in [1.29, 1.82) is 0 Å². The van der Waals surface area contributed by atoms with Crippen LogP contribution in [0, 0.1) is 13.8 Å². The summed E-state index contributed by atoms with van der Waals surface area (Å²) in [6.45, 7) is 4.11. The van der Waals surface area contributed by atoms with E-state index in [1.807, 2.05) is 6.07 Å². The average molecular weight is 692 g/mol. The third-order valence-corrected chi connectivity index (χ3v) is 12.3. The van der Waals surface area contributed by atoms with E-state index in [4.69, 9.17) is 19.0 Å². The highest BCUT2D eigenvalue weighted by Crippen LogP contribution is 2.44. The Kier molecular flexibility index (Phi) is 4.65. The Labute approximate surface area is 306 Å². The number of aryl methyl sites for hydroxylation is 2. The smallest absolute Gasteiger partial charge is 0.253 e. The van der Waals surface area contributed by atoms with Gasteiger partial charge in [0.25, 0.3) is 6.71 Å². The molecule has 2 aliphatic rings. The predicted molar refractivity (Wildman–Crippen MR) is 219 cm³/mol. The van der Waals surface area contributed by atoms with E-state index in [1.54, 1.807) is 0 Å². The number of para-hydroxylation sites is 4. The van der Waals surface area contributed by atoms with Crippen LogP contribution in [0.5, 0.6) is 0 Å². The number of hydrogen-bond donors (Lipinski definition) is 0. The molecule has 0 aliphatic carbocycles. The number of nitrogens with zero attached hydrogens (tertiary/aromatic N) is 5. The first-order valence-electron chi connectivity index (χ1n) is 18.5. The van der Waals surface area contributed by atoms with Gasteiger partial charge in [0.2, 0.25) is 0 Å². The summed E-state index contributed by atoms with van der Waals surface area (Å²) < 4.78 is 20.3. The fourth-order valence-electron chi connectivity index (χ4n) is 10.3. The fourth-order valence-corrected chi connectivity index (χ4v) is 10.3. The van der Waals surface area contributed by atoms with E-state index in [2.05, 4.69) is 143 Å². The topological polar surface area (TPSA) is 66.8 Å². The summed E-state index contributed by atoms with van der Waals surface area (Å²) in [4.78, 5) is 0. The van der Waals surface area contributed by atoms with Gasteiger partial charge in [-0.05, 0) is 78.8 Å². The summed E-state index contributed by atoms with van der Waals surface area (Å²) in [6.07, 6.45) is 0. The summed E-state index contributed by atoms with van der Waals surface area (Å²) in [5, 5.41) is 19.9. The Morgan fingerprint density at radius 3 is 1.96 bits per heavy atom. The Morgan fingerprint density at radius 2 is 1.17 bits per heavy atom. The molecule has 0 bridgehead atoms. The van der Waals surface area contributed by atoms with E-state index in [0.717, 1.165) is 105 Å². The predicted octanol–water partition coefficient (Wildman–Crippen LogP) is 9.02. The van der Waals surface area contributed by atoms with Crippen LogP contribution in [0.15, 0.2) is 130 Å². The van der Waals surface area contributed by atoms with Gasteiger partial charge in [-0.2, -0.15) is 10.2 Å². The van der Waals surface area contributed by atoms with Crippen molar-refractivity contribution in [1.82, 2.24) is 24.1 Å². The van der Waals surface area contributed by atoms with Crippen molar-refractivity contribution in [3.05, 3.63) is 133 Å². The van der Waals surface area contributed by atoms with Gasteiger partial charge in [-0.1, -0.05) is 72.8 Å². The van der Waals surface area contributed by atoms with Crippen LogP contribution >= 0.6 is 0 Å². The van der Waals surface area contributed by atoms with Gasteiger partial charge in [0.05, 0.1) is 44.8 Å². The van der Waals surface area contributed by atoms with Gasteiger partial charge in [-0.3, -0.25) is 0 Å². The summed E-state index contributed by atoms with van der Waals surface area (Å²) >= 11 is 0. The summed E-state index contributed by atoms with van der Waals surface area (Å²) in [7, 11) is 0. The molecule has 2 aliphatic heterocycles. The lowest BCUT2D eigenvalue weighted by Gasteiger charge is -2.32. The molecule has 250 valence electrons. The Hall–Kier alpha value is -7.06. The number of aromatic nitrogens is 5. The third-order valence-electron chi connectivity index (χ3n) is 12.3. The van der Waals surface area contributed by atoms with Crippen molar-refractivity contribution in [3.63, 3.8) is 0 Å². The largest absolute Gasteiger partial charge is 0.456 e. The zero-order valence-electron chi connectivity index (χ0n) is 29.2. The minimum atomic E-state index is -0.155. The molecule has 12 aromatic rings. The highest BCUT2D eigenvalue weighted by molar-refractivity contribution is 7.02. The highest BCUT2D eigenvalue weighted by Gasteiger charge is 2.45. The molecular weight excluding hydrogens is 665 g/mol. The van der Waals surface area contributed by atoms with Crippen molar-refractivity contribution >= 4 is 111 Å². The normalized spacial score (nSPS) is 13.3. The van der Waals surface area contributed by atoms with Crippen LogP contribution in [0.1, 0.15) is 11.4 Å². The minimum Gasteiger partial charge on any atom is -0.456 e. The van der Waals surface area contributed by atoms with Crippen molar-refractivity contribution in [2.45, 2.75) is 13.8 Å². The average Bonchev–Trinajstić information content (AvgIpc) is 4.00. The van der Waals surface area contributed by atoms with Crippen LogP contribution in [0.3, 0.4) is 0 Å². The lowest BCUT2D eigenvalue weighted by Crippen LogP contribution is -2.60. The molecule has 14 rings (SSSR count). The molecule has 0 fully saturated rings. The molecule has 7 heterocycles. The first-order valence-corrected chi connectivity index (χ1v) is 18.5. The number of benzene rings is 7. The van der Waals surface area contributed by atoms with Gasteiger partial charge in [0.15, 0.2) is 0 Å². The standard InChI is InChI=1S/C46H26BN5O2/c1-23-29-20-36-41(28-16-8-11-19-35(28)53-36)43-44(29)52(48-23)46-39-26-14-6-9-17-31(26)50(25-12-4-3-5-13-25)32(39)22-33-42(46)47(43)30-21-37-40(27-15-7-10-18-34(27)54-37)38-24(2)49-51(33)45(30)38/h3-22H,1-2H3. The van der Waals surface area contributed by atoms with Crippen LogP contribution in [0.4, 0.5) is 0 Å². The molecular formula is C46H26BN5O2. The lowest BCUT2D eigenvalue weighted by atomic mass is 9.33. The second-order valence-corrected chi connectivity index (χ2v) is 15.0. The van der Waals surface area contributed by atoms with Crippen LogP contribution < -0.4 is 16.4 Å². The van der Waals surface area contributed by atoms with E-state index in [9.17, 15) is 0 Å². The molecule has 0 saturated heterocycles. The van der Waals surface area contributed by atoms with Crippen molar-refractivity contribution < 1.29 is 8.83 Å². The molecule has 0 amide bonds. The molecule has 0 saturated carbocycles. The number of fused-ring (bicyclic) bond motifs is 16. The van der Waals surface area contributed by atoms with Crippen molar-refractivity contribution in [3.8, 4) is 17.1 Å². The molecule has 54 heavy (non-hydrogen) atoms. The van der Waals surface area contributed by atoms with Crippen LogP contribution in [-0.2, 0) is 0 Å². The van der Waals surface area contributed by atoms with Crippen molar-refractivity contribution in [2.24, 2.45) is 0 Å². The fraction of sp³-hybridized carbons (Fsp3) is 0.0435. The van der Waals surface area contributed by atoms with E-state index in [-0.39, 0.29) is 6.71 Å². The van der Waals surface area contributed by atoms with Gasteiger partial charge in [0.1, 0.15) is 22.3 Å². The molecule has 0 atom stereocenters. The Morgan fingerprint density at radius 1 is 0.500 bits per heavy atom. The van der Waals surface area contributed by atoms with Gasteiger partial charge < -0.3 is 13.4 Å². The van der Waals surface area contributed by atoms with Crippen LogP contribution in [0.2, 0.25) is 0 Å². The number of furan rings is 2. The van der Waals surface area contributed by atoms with Crippen molar-refractivity contribution in [2.75, 3.05) is 0 Å². The number of rotatable bonds is 1. The molecule has 0 N–H and O–H groups in total. The quantitative estimate of drug-likeness (QED) is 0.161. The zero-order chi connectivity index (χ0) is 35.1. The molecule has 7 aromatic carbocycles. The summed E-state index contributed by atoms with van der Waals surface area (Å²) in [5.74, 6) is 0. The van der Waals surface area contributed by atoms with Gasteiger partial charge in [0, 0.05) is 48.8 Å². The maximum Gasteiger partial charge on any atom is 0.253 e.